The predicted octanol–water partition coefficient (Wildman–Crippen LogP) is 6.34. The summed E-state index contributed by atoms with van der Waals surface area (Å²) in [6, 6.07) is 1.73. The molecule has 1 aromatic carbocycles. The lowest BCUT2D eigenvalue weighted by atomic mass is 9.83. The third-order valence-corrected chi connectivity index (χ3v) is 11.5. The number of nitrogens with one attached hydrogen (secondary N) is 3. The third kappa shape index (κ3) is 3.83. The number of anilines is 2. The Hall–Kier alpha value is -2.10. The standard InChI is InChI=1S/C22H28Cl2FN5O2Si/c1-21(2)17-13(11-30(21)20(32)26-16-14(23)9-12(25)10-15(16)24)18(29-28-17)27-19(31)22(7-6-8-22)33(3,4)5/h9-10H,6-8,11H2,1-5H3,(H,26,32)(H2,27,28,29,31). The van der Waals surface area contributed by atoms with Crippen LogP contribution in [0.1, 0.15) is 44.4 Å². The zero-order valence-electron chi connectivity index (χ0n) is 19.3. The predicted molar refractivity (Wildman–Crippen MR) is 131 cm³/mol. The molecule has 1 fully saturated rings. The first-order valence-electron chi connectivity index (χ1n) is 10.9. The normalized spacial score (nSPS) is 18.5. The van der Waals surface area contributed by atoms with Gasteiger partial charge in [-0.15, -0.1) is 0 Å². The van der Waals surface area contributed by atoms with Gasteiger partial charge in [0.1, 0.15) is 5.82 Å². The zero-order chi connectivity index (χ0) is 24.3. The van der Waals surface area contributed by atoms with Crippen molar-refractivity contribution in [2.45, 2.75) is 69.9 Å². The van der Waals surface area contributed by atoms with Crippen molar-refractivity contribution in [3.8, 4) is 0 Å². The topological polar surface area (TPSA) is 90.1 Å². The van der Waals surface area contributed by atoms with Gasteiger partial charge in [-0.3, -0.25) is 9.89 Å². The van der Waals surface area contributed by atoms with Crippen molar-refractivity contribution in [1.82, 2.24) is 15.1 Å². The second kappa shape index (κ2) is 7.99. The number of carbonyl (C=O) groups excluding carboxylic acids is 2. The molecule has 33 heavy (non-hydrogen) atoms. The Kier molecular flexibility index (Phi) is 5.82. The molecule has 2 aliphatic rings. The first-order valence-corrected chi connectivity index (χ1v) is 15.2. The van der Waals surface area contributed by atoms with E-state index in [2.05, 4.69) is 40.5 Å². The number of hydrogen-bond acceptors (Lipinski definition) is 3. The Morgan fingerprint density at radius 1 is 1.15 bits per heavy atom. The van der Waals surface area contributed by atoms with E-state index in [1.54, 1.807) is 4.90 Å². The molecule has 7 nitrogen and oxygen atoms in total. The SMILES string of the molecule is CC1(C)c2[nH]nc(NC(=O)C3([Si](C)(C)C)CCC3)c2CN1C(=O)Nc1c(Cl)cc(F)cc1Cl. The lowest BCUT2D eigenvalue weighted by molar-refractivity contribution is -0.121. The molecule has 1 aliphatic heterocycles. The van der Waals surface area contributed by atoms with Crippen molar-refractivity contribution in [1.29, 1.82) is 0 Å². The van der Waals surface area contributed by atoms with Crippen molar-refractivity contribution in [2.24, 2.45) is 0 Å². The van der Waals surface area contributed by atoms with Crippen LogP contribution in [0.4, 0.5) is 20.7 Å². The molecule has 2 aromatic rings. The van der Waals surface area contributed by atoms with Gasteiger partial charge in [0.25, 0.3) is 0 Å². The molecule has 4 rings (SSSR count). The Balaban J connectivity index is 1.56. The Morgan fingerprint density at radius 2 is 1.76 bits per heavy atom. The van der Waals surface area contributed by atoms with E-state index >= 15 is 0 Å². The first kappa shape index (κ1) is 24.0. The molecule has 3 amide bonds. The fourth-order valence-electron chi connectivity index (χ4n) is 4.86. The van der Waals surface area contributed by atoms with Crippen LogP contribution in [0, 0.1) is 5.82 Å². The maximum atomic E-state index is 13.5. The molecule has 3 N–H and O–H groups in total. The van der Waals surface area contributed by atoms with Gasteiger partial charge in [0.05, 0.1) is 41.6 Å². The first-order chi connectivity index (χ1) is 15.3. The van der Waals surface area contributed by atoms with E-state index in [1.807, 2.05) is 13.8 Å². The number of rotatable bonds is 4. The lowest BCUT2D eigenvalue weighted by Gasteiger charge is -2.48. The van der Waals surface area contributed by atoms with E-state index in [9.17, 15) is 14.0 Å². The van der Waals surface area contributed by atoms with E-state index in [1.165, 1.54) is 0 Å². The van der Waals surface area contributed by atoms with Crippen molar-refractivity contribution >= 4 is 54.7 Å². The quantitative estimate of drug-likeness (QED) is 0.418. The average Bonchev–Trinajstić information content (AvgIpc) is 3.14. The monoisotopic (exact) mass is 511 g/mol. The number of carbonyl (C=O) groups is 2. The highest BCUT2D eigenvalue weighted by Crippen LogP contribution is 2.56. The molecule has 2 heterocycles. The molecule has 1 aromatic heterocycles. The third-order valence-electron chi connectivity index (χ3n) is 7.26. The summed E-state index contributed by atoms with van der Waals surface area (Å²) in [6.45, 7) is 10.7. The van der Waals surface area contributed by atoms with Gasteiger partial charge in [-0.25, -0.2) is 9.18 Å². The largest absolute Gasteiger partial charge is 0.323 e. The van der Waals surface area contributed by atoms with Crippen molar-refractivity contribution in [2.75, 3.05) is 10.6 Å². The van der Waals surface area contributed by atoms with Gasteiger partial charge < -0.3 is 15.5 Å². The Morgan fingerprint density at radius 3 is 2.27 bits per heavy atom. The summed E-state index contributed by atoms with van der Waals surface area (Å²) in [4.78, 5) is 28.0. The molecule has 0 atom stereocenters. The summed E-state index contributed by atoms with van der Waals surface area (Å²) in [5, 5.41) is 12.8. The van der Waals surface area contributed by atoms with Crippen LogP contribution >= 0.6 is 23.2 Å². The number of H-pyrrole nitrogens is 1. The van der Waals surface area contributed by atoms with E-state index < -0.39 is 25.5 Å². The van der Waals surface area contributed by atoms with Crippen LogP contribution in [0.2, 0.25) is 34.7 Å². The lowest BCUT2D eigenvalue weighted by Crippen LogP contribution is -2.52. The maximum Gasteiger partial charge on any atom is 0.323 e. The number of hydrogen-bond donors (Lipinski definition) is 3. The smallest absolute Gasteiger partial charge is 0.309 e. The van der Waals surface area contributed by atoms with Crippen LogP contribution in [0.25, 0.3) is 0 Å². The molecule has 0 radical (unpaired) electrons. The Bertz CT molecular complexity index is 1120. The molecule has 178 valence electrons. The van der Waals surface area contributed by atoms with Crippen LogP contribution in [0.5, 0.6) is 0 Å². The van der Waals surface area contributed by atoms with Crippen molar-refractivity contribution in [3.63, 3.8) is 0 Å². The van der Waals surface area contributed by atoms with Gasteiger partial charge in [-0.05, 0) is 38.8 Å². The second-order valence-corrected chi connectivity index (χ2v) is 16.7. The summed E-state index contributed by atoms with van der Waals surface area (Å²) in [5.74, 6) is -0.109. The number of nitrogens with zero attached hydrogens (tertiary/aromatic N) is 2. The fraction of sp³-hybridized carbons (Fsp3) is 0.500. The molecule has 1 saturated carbocycles. The summed E-state index contributed by atoms with van der Waals surface area (Å²) in [6.07, 6.45) is 2.87. The molecule has 0 unspecified atom stereocenters. The van der Waals surface area contributed by atoms with E-state index in [0.29, 0.717) is 5.82 Å². The molecule has 0 bridgehead atoms. The number of aromatic nitrogens is 2. The molecular weight excluding hydrogens is 484 g/mol. The van der Waals surface area contributed by atoms with Gasteiger partial charge in [-0.2, -0.15) is 5.10 Å². The summed E-state index contributed by atoms with van der Waals surface area (Å²) < 4.78 is 13.5. The highest BCUT2D eigenvalue weighted by molar-refractivity contribution is 6.83. The minimum absolute atomic E-state index is 0.00985. The van der Waals surface area contributed by atoms with Gasteiger partial charge in [0, 0.05) is 10.6 Å². The van der Waals surface area contributed by atoms with Gasteiger partial charge >= 0.3 is 6.03 Å². The number of benzene rings is 1. The van der Waals surface area contributed by atoms with Crippen LogP contribution in [0.15, 0.2) is 12.1 Å². The van der Waals surface area contributed by atoms with E-state index in [4.69, 9.17) is 23.2 Å². The number of halogens is 3. The molecule has 11 heteroatoms. The van der Waals surface area contributed by atoms with Crippen LogP contribution in [-0.4, -0.2) is 35.1 Å². The Labute approximate surface area is 203 Å². The van der Waals surface area contributed by atoms with Crippen LogP contribution in [-0.2, 0) is 16.9 Å². The minimum atomic E-state index is -1.74. The van der Waals surface area contributed by atoms with Crippen LogP contribution in [0.3, 0.4) is 0 Å². The highest BCUT2D eigenvalue weighted by atomic mass is 35.5. The number of urea groups is 1. The summed E-state index contributed by atoms with van der Waals surface area (Å²) in [7, 11) is -1.74. The van der Waals surface area contributed by atoms with Crippen LogP contribution < -0.4 is 10.6 Å². The molecule has 0 saturated heterocycles. The molecular formula is C22H28Cl2FN5O2Si. The molecule has 0 spiro atoms. The average molecular weight is 512 g/mol. The maximum absolute atomic E-state index is 13.5. The van der Waals surface area contributed by atoms with Crippen molar-refractivity contribution in [3.05, 3.63) is 39.3 Å². The zero-order valence-corrected chi connectivity index (χ0v) is 21.8. The van der Waals surface area contributed by atoms with Gasteiger partial charge in [0.15, 0.2) is 5.82 Å². The van der Waals surface area contributed by atoms with Crippen molar-refractivity contribution < 1.29 is 14.0 Å². The van der Waals surface area contributed by atoms with E-state index in [0.717, 1.165) is 42.7 Å². The number of aromatic amines is 1. The number of fused-ring (bicyclic) bond motifs is 1. The highest BCUT2D eigenvalue weighted by Gasteiger charge is 2.54. The molecule has 1 aliphatic carbocycles. The summed E-state index contributed by atoms with van der Waals surface area (Å²) in [5.41, 5.74) is 0.927. The second-order valence-electron chi connectivity index (χ2n) is 10.4. The van der Waals surface area contributed by atoms with E-state index in [-0.39, 0.29) is 33.2 Å². The number of amides is 3. The van der Waals surface area contributed by atoms with Gasteiger partial charge in [-0.1, -0.05) is 49.3 Å². The fourth-order valence-corrected chi connectivity index (χ4v) is 8.01. The van der Waals surface area contributed by atoms with Gasteiger partial charge in [0.2, 0.25) is 5.91 Å². The minimum Gasteiger partial charge on any atom is -0.309 e. The summed E-state index contributed by atoms with van der Waals surface area (Å²) >= 11 is 12.2.